The third-order valence-electron chi connectivity index (χ3n) is 5.48. The summed E-state index contributed by atoms with van der Waals surface area (Å²) in [6.07, 6.45) is 0. The van der Waals surface area contributed by atoms with E-state index in [1.165, 1.54) is 33.4 Å². The molecule has 5 rings (SSSR count). The first-order valence-electron chi connectivity index (χ1n) is 9.39. The Morgan fingerprint density at radius 3 is 0.963 bits per heavy atom. The van der Waals surface area contributed by atoms with Crippen molar-refractivity contribution in [2.24, 2.45) is 0 Å². The van der Waals surface area contributed by atoms with Gasteiger partial charge in [-0.3, -0.25) is 0 Å². The van der Waals surface area contributed by atoms with Gasteiger partial charge in [-0.1, -0.05) is 121 Å². The minimum atomic E-state index is -0.189. The summed E-state index contributed by atoms with van der Waals surface area (Å²) in [6, 6.07) is 43.4. The highest BCUT2D eigenvalue weighted by atomic mass is 14.6. The van der Waals surface area contributed by atoms with Crippen LogP contribution in [0.1, 0.15) is 22.3 Å². The van der Waals surface area contributed by atoms with Crippen LogP contribution in [0.15, 0.2) is 121 Å². The summed E-state index contributed by atoms with van der Waals surface area (Å²) >= 11 is 0. The van der Waals surface area contributed by atoms with Crippen molar-refractivity contribution in [2.75, 3.05) is 0 Å². The third kappa shape index (κ3) is 2.45. The van der Waals surface area contributed by atoms with Gasteiger partial charge in [0.25, 0.3) is 0 Å². The van der Waals surface area contributed by atoms with Crippen LogP contribution in [-0.2, 0) is 5.41 Å². The molecule has 4 aromatic carbocycles. The summed E-state index contributed by atoms with van der Waals surface area (Å²) in [7, 11) is 0. The van der Waals surface area contributed by atoms with Gasteiger partial charge >= 0.3 is 0 Å². The lowest BCUT2D eigenvalue weighted by Gasteiger charge is -2.22. The summed E-state index contributed by atoms with van der Waals surface area (Å²) in [4.78, 5) is 0. The number of hydrogen-bond donors (Lipinski definition) is 0. The van der Waals surface area contributed by atoms with E-state index < -0.39 is 0 Å². The zero-order valence-corrected chi connectivity index (χ0v) is 15.0. The van der Waals surface area contributed by atoms with Crippen LogP contribution < -0.4 is 0 Å². The van der Waals surface area contributed by atoms with Gasteiger partial charge in [-0.25, -0.2) is 0 Å². The van der Waals surface area contributed by atoms with Crippen LogP contribution in [0.4, 0.5) is 0 Å². The van der Waals surface area contributed by atoms with Gasteiger partial charge in [0.05, 0.1) is 5.41 Å². The van der Waals surface area contributed by atoms with E-state index in [4.69, 9.17) is 0 Å². The highest BCUT2D eigenvalue weighted by Gasteiger charge is 2.56. The number of hydrogen-bond acceptors (Lipinski definition) is 0. The van der Waals surface area contributed by atoms with E-state index in [1.54, 1.807) is 0 Å². The SMILES string of the molecule is c1ccc(C2=C(c3ccccc3)C2(c2ccccc2)c2ccccc2)cc1. The minimum absolute atomic E-state index is 0.189. The van der Waals surface area contributed by atoms with Crippen LogP contribution >= 0.6 is 0 Å². The fourth-order valence-corrected chi connectivity index (χ4v) is 4.33. The monoisotopic (exact) mass is 344 g/mol. The second-order valence-corrected chi connectivity index (χ2v) is 6.96. The van der Waals surface area contributed by atoms with Gasteiger partial charge in [-0.05, 0) is 33.4 Å². The molecule has 4 aromatic rings. The third-order valence-corrected chi connectivity index (χ3v) is 5.48. The Bertz CT molecular complexity index is 985. The summed E-state index contributed by atoms with van der Waals surface area (Å²) in [5.74, 6) is 0. The summed E-state index contributed by atoms with van der Waals surface area (Å²) in [6.45, 7) is 0. The zero-order valence-electron chi connectivity index (χ0n) is 15.0. The summed E-state index contributed by atoms with van der Waals surface area (Å²) < 4.78 is 0. The van der Waals surface area contributed by atoms with E-state index in [2.05, 4.69) is 121 Å². The van der Waals surface area contributed by atoms with E-state index >= 15 is 0 Å². The molecule has 0 spiro atoms. The van der Waals surface area contributed by atoms with E-state index in [-0.39, 0.29) is 5.41 Å². The molecule has 0 amide bonds. The van der Waals surface area contributed by atoms with Crippen LogP contribution in [0.25, 0.3) is 11.1 Å². The molecule has 27 heavy (non-hydrogen) atoms. The first-order valence-corrected chi connectivity index (χ1v) is 9.39. The maximum absolute atomic E-state index is 2.26. The molecule has 0 unspecified atom stereocenters. The van der Waals surface area contributed by atoms with Gasteiger partial charge in [-0.2, -0.15) is 0 Å². The van der Waals surface area contributed by atoms with Gasteiger partial charge in [0.2, 0.25) is 0 Å². The van der Waals surface area contributed by atoms with Crippen LogP contribution in [0.3, 0.4) is 0 Å². The van der Waals surface area contributed by atoms with Crippen molar-refractivity contribution < 1.29 is 0 Å². The molecule has 0 atom stereocenters. The van der Waals surface area contributed by atoms with E-state index in [0.717, 1.165) is 0 Å². The molecule has 0 N–H and O–H groups in total. The van der Waals surface area contributed by atoms with Crippen molar-refractivity contribution in [3.05, 3.63) is 144 Å². The lowest BCUT2D eigenvalue weighted by Crippen LogP contribution is -2.15. The Hall–Kier alpha value is -3.38. The van der Waals surface area contributed by atoms with Gasteiger partial charge in [-0.15, -0.1) is 0 Å². The molecule has 1 aliphatic carbocycles. The second-order valence-electron chi connectivity index (χ2n) is 6.96. The molecule has 1 aliphatic rings. The van der Waals surface area contributed by atoms with Crippen LogP contribution in [0, 0.1) is 0 Å². The standard InChI is InChI=1S/C27H20/c1-5-13-21(14-6-1)25-26(22-15-7-2-8-16-22)27(25,23-17-9-3-10-18-23)24-19-11-4-12-20-24/h1-20H. The smallest absolute Gasteiger partial charge is 0.0622 e. The predicted octanol–water partition coefficient (Wildman–Crippen LogP) is 6.60. The molecular formula is C27H20. The van der Waals surface area contributed by atoms with Gasteiger partial charge in [0.1, 0.15) is 0 Å². The number of rotatable bonds is 4. The van der Waals surface area contributed by atoms with Crippen molar-refractivity contribution in [1.29, 1.82) is 0 Å². The van der Waals surface area contributed by atoms with Gasteiger partial charge in [0.15, 0.2) is 0 Å². The molecule has 0 heteroatoms. The topological polar surface area (TPSA) is 0 Å². The predicted molar refractivity (Wildman–Crippen MR) is 113 cm³/mol. The molecule has 0 saturated carbocycles. The Labute approximate surface area is 160 Å². The maximum atomic E-state index is 2.26. The molecule has 0 saturated heterocycles. The first kappa shape index (κ1) is 15.8. The Morgan fingerprint density at radius 1 is 0.333 bits per heavy atom. The Kier molecular flexibility index (Phi) is 3.76. The second kappa shape index (κ2) is 6.41. The van der Waals surface area contributed by atoms with E-state index in [9.17, 15) is 0 Å². The van der Waals surface area contributed by atoms with E-state index in [1.807, 2.05) is 0 Å². The fraction of sp³-hybridized carbons (Fsp3) is 0.0370. The van der Waals surface area contributed by atoms with Crippen LogP contribution in [-0.4, -0.2) is 0 Å². The molecule has 0 aliphatic heterocycles. The molecule has 0 bridgehead atoms. The van der Waals surface area contributed by atoms with Crippen molar-refractivity contribution >= 4 is 11.1 Å². The molecule has 128 valence electrons. The molecule has 0 aromatic heterocycles. The van der Waals surface area contributed by atoms with Crippen LogP contribution in [0.2, 0.25) is 0 Å². The Morgan fingerprint density at radius 2 is 0.630 bits per heavy atom. The lowest BCUT2D eigenvalue weighted by atomic mass is 9.79. The molecule has 0 heterocycles. The molecule has 0 fully saturated rings. The zero-order chi connectivity index (χ0) is 18.1. The largest absolute Gasteiger partial charge is 0.0720 e. The average molecular weight is 344 g/mol. The highest BCUT2D eigenvalue weighted by Crippen LogP contribution is 2.67. The Balaban J connectivity index is 1.81. The van der Waals surface area contributed by atoms with Gasteiger partial charge < -0.3 is 0 Å². The lowest BCUT2D eigenvalue weighted by molar-refractivity contribution is 0.957. The van der Waals surface area contributed by atoms with Crippen LogP contribution in [0.5, 0.6) is 0 Å². The van der Waals surface area contributed by atoms with Crippen molar-refractivity contribution in [3.8, 4) is 0 Å². The highest BCUT2D eigenvalue weighted by molar-refractivity contribution is 6.21. The summed E-state index contributed by atoms with van der Waals surface area (Å²) in [5, 5.41) is 0. The van der Waals surface area contributed by atoms with E-state index in [0.29, 0.717) is 0 Å². The number of benzene rings is 4. The van der Waals surface area contributed by atoms with Gasteiger partial charge in [0, 0.05) is 0 Å². The molecule has 0 radical (unpaired) electrons. The van der Waals surface area contributed by atoms with Crippen molar-refractivity contribution in [1.82, 2.24) is 0 Å². The molecular weight excluding hydrogens is 324 g/mol. The minimum Gasteiger partial charge on any atom is -0.0622 e. The summed E-state index contributed by atoms with van der Waals surface area (Å²) in [5.41, 5.74) is 7.87. The molecule has 0 nitrogen and oxygen atoms in total. The first-order chi connectivity index (χ1) is 13.4. The maximum Gasteiger partial charge on any atom is 0.0720 e. The van der Waals surface area contributed by atoms with Crippen molar-refractivity contribution in [3.63, 3.8) is 0 Å². The number of allylic oxidation sites excluding steroid dienone is 2. The van der Waals surface area contributed by atoms with Crippen molar-refractivity contribution in [2.45, 2.75) is 5.41 Å². The average Bonchev–Trinajstić information content (AvgIpc) is 3.48. The fourth-order valence-electron chi connectivity index (χ4n) is 4.33. The quantitative estimate of drug-likeness (QED) is 0.391. The normalized spacial score (nSPS) is 14.8.